The third-order valence-corrected chi connectivity index (χ3v) is 3.33. The van der Waals surface area contributed by atoms with Crippen LogP contribution in [0, 0.1) is 5.82 Å². The molecule has 0 aromatic heterocycles. The van der Waals surface area contributed by atoms with Crippen molar-refractivity contribution in [2.45, 2.75) is 4.90 Å². The number of anilines is 1. The van der Waals surface area contributed by atoms with Crippen LogP contribution in [0.5, 0.6) is 0 Å². The molecule has 0 radical (unpaired) electrons. The summed E-state index contributed by atoms with van der Waals surface area (Å²) in [7, 11) is 1.52. The third-order valence-electron chi connectivity index (χ3n) is 1.97. The average Bonchev–Trinajstić information content (AvgIpc) is 2.21. The predicted octanol–water partition coefficient (Wildman–Crippen LogP) is 0.604. The van der Waals surface area contributed by atoms with Gasteiger partial charge in [0.2, 0.25) is 5.91 Å². The van der Waals surface area contributed by atoms with Crippen LogP contribution in [0.25, 0.3) is 0 Å². The summed E-state index contributed by atoms with van der Waals surface area (Å²) in [6.07, 6.45) is 0. The number of amides is 1. The van der Waals surface area contributed by atoms with Crippen LogP contribution < -0.4 is 5.73 Å². The van der Waals surface area contributed by atoms with Gasteiger partial charge in [0.05, 0.1) is 15.7 Å². The first-order valence-corrected chi connectivity index (χ1v) is 5.87. The highest BCUT2D eigenvalue weighted by atomic mass is 32.2. The number of rotatable bonds is 3. The first-order chi connectivity index (χ1) is 7.41. The van der Waals surface area contributed by atoms with Crippen molar-refractivity contribution in [2.24, 2.45) is 0 Å². The fourth-order valence-corrected chi connectivity index (χ4v) is 2.24. The van der Waals surface area contributed by atoms with Gasteiger partial charge in [-0.25, -0.2) is 4.39 Å². The molecular weight excluding hydrogens is 231 g/mol. The molecule has 16 heavy (non-hydrogen) atoms. The SMILES string of the molecule is CN(C)C(=O)CS(=O)c1cc(F)ccc1N. The molecule has 1 rings (SSSR count). The summed E-state index contributed by atoms with van der Waals surface area (Å²) >= 11 is 0. The van der Waals surface area contributed by atoms with Crippen LogP contribution in [-0.4, -0.2) is 34.9 Å². The molecule has 0 aliphatic rings. The van der Waals surface area contributed by atoms with Crippen LogP contribution in [0.4, 0.5) is 10.1 Å². The number of hydrogen-bond acceptors (Lipinski definition) is 3. The molecule has 6 heteroatoms. The minimum atomic E-state index is -1.61. The molecule has 0 saturated heterocycles. The molecule has 1 aromatic carbocycles. The highest BCUT2D eigenvalue weighted by Crippen LogP contribution is 2.17. The van der Waals surface area contributed by atoms with Gasteiger partial charge in [0.1, 0.15) is 11.6 Å². The van der Waals surface area contributed by atoms with Crippen LogP contribution in [0.2, 0.25) is 0 Å². The van der Waals surface area contributed by atoms with Crippen molar-refractivity contribution >= 4 is 22.4 Å². The normalized spacial score (nSPS) is 12.2. The van der Waals surface area contributed by atoms with E-state index in [-0.39, 0.29) is 22.2 Å². The molecule has 0 heterocycles. The monoisotopic (exact) mass is 244 g/mol. The van der Waals surface area contributed by atoms with E-state index in [0.29, 0.717) is 0 Å². The molecule has 88 valence electrons. The molecule has 0 aliphatic heterocycles. The zero-order chi connectivity index (χ0) is 12.3. The Hall–Kier alpha value is -1.43. The smallest absolute Gasteiger partial charge is 0.235 e. The van der Waals surface area contributed by atoms with Gasteiger partial charge in [0.15, 0.2) is 0 Å². The van der Waals surface area contributed by atoms with E-state index in [1.807, 2.05) is 0 Å². The summed E-state index contributed by atoms with van der Waals surface area (Å²) in [4.78, 5) is 12.8. The predicted molar refractivity (Wildman–Crippen MR) is 60.8 cm³/mol. The Morgan fingerprint density at radius 3 is 2.69 bits per heavy atom. The van der Waals surface area contributed by atoms with Gasteiger partial charge in [0.25, 0.3) is 0 Å². The third kappa shape index (κ3) is 3.03. The molecule has 0 saturated carbocycles. The van der Waals surface area contributed by atoms with E-state index in [2.05, 4.69) is 0 Å². The molecule has 1 unspecified atom stereocenters. The van der Waals surface area contributed by atoms with E-state index in [1.165, 1.54) is 17.0 Å². The van der Waals surface area contributed by atoms with Crippen LogP contribution in [0.1, 0.15) is 0 Å². The second kappa shape index (κ2) is 5.07. The van der Waals surface area contributed by atoms with E-state index in [9.17, 15) is 13.4 Å². The summed E-state index contributed by atoms with van der Waals surface area (Å²) in [5, 5.41) is 0. The molecule has 0 aliphatic carbocycles. The highest BCUT2D eigenvalue weighted by molar-refractivity contribution is 7.86. The minimum absolute atomic E-state index is 0.162. The fourth-order valence-electron chi connectivity index (χ4n) is 1.02. The highest BCUT2D eigenvalue weighted by Gasteiger charge is 2.14. The number of carbonyl (C=O) groups excluding carboxylic acids is 1. The van der Waals surface area contributed by atoms with Crippen molar-refractivity contribution < 1.29 is 13.4 Å². The Balaban J connectivity index is 2.88. The molecule has 1 amide bonds. The second-order valence-corrected chi connectivity index (χ2v) is 4.88. The number of halogens is 1. The van der Waals surface area contributed by atoms with Crippen molar-refractivity contribution in [2.75, 3.05) is 25.6 Å². The van der Waals surface area contributed by atoms with Gasteiger partial charge in [-0.2, -0.15) is 0 Å². The van der Waals surface area contributed by atoms with Crippen LogP contribution in [0.3, 0.4) is 0 Å². The van der Waals surface area contributed by atoms with Gasteiger partial charge in [-0.05, 0) is 18.2 Å². The Labute approximate surface area is 95.7 Å². The molecule has 0 bridgehead atoms. The largest absolute Gasteiger partial charge is 0.398 e. The molecule has 0 fully saturated rings. The number of benzene rings is 1. The summed E-state index contributed by atoms with van der Waals surface area (Å²) < 4.78 is 24.7. The lowest BCUT2D eigenvalue weighted by Gasteiger charge is -2.10. The summed E-state index contributed by atoms with van der Waals surface area (Å²) in [5.74, 6) is -1.00. The van der Waals surface area contributed by atoms with Crippen LogP contribution in [0.15, 0.2) is 23.1 Å². The summed E-state index contributed by atoms with van der Waals surface area (Å²) in [6, 6.07) is 3.61. The Bertz CT molecular complexity index is 435. The zero-order valence-corrected chi connectivity index (χ0v) is 9.88. The zero-order valence-electron chi connectivity index (χ0n) is 9.07. The molecular formula is C10H13FN2O2S. The van der Waals surface area contributed by atoms with Gasteiger partial charge >= 0.3 is 0 Å². The molecule has 2 N–H and O–H groups in total. The lowest BCUT2D eigenvalue weighted by molar-refractivity contribution is -0.125. The average molecular weight is 244 g/mol. The standard InChI is InChI=1S/C10H13FN2O2S/c1-13(2)10(14)6-16(15)9-5-7(11)3-4-8(9)12/h3-5H,6,12H2,1-2H3. The number of nitrogen functional groups attached to an aromatic ring is 1. The molecule has 4 nitrogen and oxygen atoms in total. The van der Waals surface area contributed by atoms with Gasteiger partial charge in [-0.1, -0.05) is 0 Å². The summed E-state index contributed by atoms with van der Waals surface area (Å²) in [6.45, 7) is 0. The van der Waals surface area contributed by atoms with Crippen molar-refractivity contribution in [3.05, 3.63) is 24.0 Å². The van der Waals surface area contributed by atoms with E-state index in [0.717, 1.165) is 6.07 Å². The van der Waals surface area contributed by atoms with Gasteiger partial charge in [0, 0.05) is 19.8 Å². The van der Waals surface area contributed by atoms with Crippen molar-refractivity contribution in [3.8, 4) is 0 Å². The topological polar surface area (TPSA) is 63.4 Å². The molecule has 1 atom stereocenters. The van der Waals surface area contributed by atoms with Gasteiger partial charge in [-0.15, -0.1) is 0 Å². The maximum Gasteiger partial charge on any atom is 0.235 e. The Morgan fingerprint density at radius 2 is 2.12 bits per heavy atom. The summed E-state index contributed by atoms with van der Waals surface area (Å²) in [5.41, 5.74) is 5.79. The second-order valence-electron chi connectivity index (χ2n) is 3.46. The first kappa shape index (κ1) is 12.6. The first-order valence-electron chi connectivity index (χ1n) is 4.55. The number of nitrogens with zero attached hydrogens (tertiary/aromatic N) is 1. The molecule has 0 spiro atoms. The van der Waals surface area contributed by atoms with E-state index < -0.39 is 16.6 Å². The van der Waals surface area contributed by atoms with Crippen molar-refractivity contribution in [1.82, 2.24) is 4.90 Å². The van der Waals surface area contributed by atoms with Crippen molar-refractivity contribution in [3.63, 3.8) is 0 Å². The Morgan fingerprint density at radius 1 is 1.50 bits per heavy atom. The van der Waals surface area contributed by atoms with Crippen molar-refractivity contribution in [1.29, 1.82) is 0 Å². The fraction of sp³-hybridized carbons (Fsp3) is 0.300. The van der Waals surface area contributed by atoms with E-state index in [4.69, 9.17) is 5.73 Å². The van der Waals surface area contributed by atoms with Crippen LogP contribution >= 0.6 is 0 Å². The quantitative estimate of drug-likeness (QED) is 0.792. The molecule has 1 aromatic rings. The van der Waals surface area contributed by atoms with Gasteiger partial charge in [-0.3, -0.25) is 9.00 Å². The lowest BCUT2D eigenvalue weighted by Crippen LogP contribution is -2.27. The lowest BCUT2D eigenvalue weighted by atomic mass is 10.3. The maximum atomic E-state index is 12.9. The minimum Gasteiger partial charge on any atom is -0.398 e. The van der Waals surface area contributed by atoms with Gasteiger partial charge < -0.3 is 10.6 Å². The van der Waals surface area contributed by atoms with E-state index in [1.54, 1.807) is 14.1 Å². The van der Waals surface area contributed by atoms with Crippen LogP contribution in [-0.2, 0) is 15.6 Å². The number of carbonyl (C=O) groups is 1. The number of nitrogens with two attached hydrogens (primary N) is 1. The maximum absolute atomic E-state index is 12.9. The number of hydrogen-bond donors (Lipinski definition) is 1. The Kier molecular flexibility index (Phi) is 4.00. The van der Waals surface area contributed by atoms with E-state index >= 15 is 0 Å².